The number of furan rings is 1. The number of benzene rings is 12. The summed E-state index contributed by atoms with van der Waals surface area (Å²) in [6.07, 6.45) is 0. The number of hydrogen-bond acceptors (Lipinski definition) is 3. The minimum atomic E-state index is -2.39. The van der Waals surface area contributed by atoms with Gasteiger partial charge in [0.2, 0.25) is 0 Å². The maximum Gasteiger partial charge on any atom is 0.159 e. The van der Waals surface area contributed by atoms with Gasteiger partial charge in [-0.15, -0.1) is 0 Å². The van der Waals surface area contributed by atoms with Crippen LogP contribution in [-0.2, 0) is 0 Å². The van der Waals surface area contributed by atoms with Gasteiger partial charge in [-0.3, -0.25) is 0 Å². The summed E-state index contributed by atoms with van der Waals surface area (Å²) in [6.45, 7) is 5.09. The molecule has 340 valence electrons. The van der Waals surface area contributed by atoms with Gasteiger partial charge in [-0.25, -0.2) is 0 Å². The number of rotatable bonds is 8. The minimum absolute atomic E-state index is 0.873. The van der Waals surface area contributed by atoms with Crippen LogP contribution in [0.1, 0.15) is 0 Å². The van der Waals surface area contributed by atoms with E-state index in [-0.39, 0.29) is 0 Å². The Hall–Kier alpha value is -8.96. The maximum atomic E-state index is 6.83. The Kier molecular flexibility index (Phi) is 9.67. The first kappa shape index (κ1) is 42.0. The van der Waals surface area contributed by atoms with Crippen LogP contribution in [0.2, 0.25) is 13.1 Å². The van der Waals surface area contributed by atoms with Crippen molar-refractivity contribution in [3.05, 3.63) is 255 Å². The highest BCUT2D eigenvalue weighted by Crippen LogP contribution is 2.50. The standard InChI is InChI=1S/C68H48N2OSi/c1-72(2)65-39-21-33-55-58-44-63(69(47-26-10-5-11-27-47)60-35-17-14-28-49(60)45-22-6-3-7-23-45)52-31-13-12-30-51(52)57(58)43-59(67(55)65)54-41-40-48(42-66(54)72)70(61-36-18-15-29-50(61)46-24-8-4-9-25-46)62-37-20-34-56-53-32-16-19-38-64(53)71-68(56)62/h3-44H,1-2H3. The molecular weight excluding hydrogens is 889 g/mol. The van der Waals surface area contributed by atoms with Gasteiger partial charge >= 0.3 is 0 Å². The van der Waals surface area contributed by atoms with E-state index in [1.165, 1.54) is 64.9 Å². The normalized spacial score (nSPS) is 12.7. The molecule has 0 aliphatic carbocycles. The van der Waals surface area contributed by atoms with Gasteiger partial charge in [-0.1, -0.05) is 207 Å². The summed E-state index contributed by atoms with van der Waals surface area (Å²) in [7, 11) is -2.39. The van der Waals surface area contributed by atoms with Gasteiger partial charge in [0.1, 0.15) is 13.7 Å². The molecule has 1 aliphatic heterocycles. The van der Waals surface area contributed by atoms with Crippen molar-refractivity contribution < 1.29 is 4.42 Å². The van der Waals surface area contributed by atoms with E-state index in [9.17, 15) is 0 Å². The molecule has 1 aliphatic rings. The van der Waals surface area contributed by atoms with E-state index in [4.69, 9.17) is 4.42 Å². The summed E-state index contributed by atoms with van der Waals surface area (Å²) in [5.41, 5.74) is 15.7. The molecule has 4 heteroatoms. The summed E-state index contributed by atoms with van der Waals surface area (Å²) in [6, 6.07) is 93.4. The van der Waals surface area contributed by atoms with E-state index in [0.717, 1.165) is 67.2 Å². The molecule has 2 heterocycles. The zero-order valence-electron chi connectivity index (χ0n) is 40.1. The van der Waals surface area contributed by atoms with Crippen LogP contribution in [0, 0.1) is 0 Å². The lowest BCUT2D eigenvalue weighted by atomic mass is 9.89. The molecule has 0 spiro atoms. The summed E-state index contributed by atoms with van der Waals surface area (Å²) in [5, 5.41) is 12.7. The maximum absolute atomic E-state index is 6.83. The third-order valence-electron chi connectivity index (χ3n) is 15.2. The fourth-order valence-electron chi connectivity index (χ4n) is 11.9. The van der Waals surface area contributed by atoms with Gasteiger partial charge in [-0.05, 0) is 120 Å². The predicted octanol–water partition coefficient (Wildman–Crippen LogP) is 18.1. The van der Waals surface area contributed by atoms with Gasteiger partial charge < -0.3 is 14.2 Å². The summed E-state index contributed by atoms with van der Waals surface area (Å²) < 4.78 is 6.83. The topological polar surface area (TPSA) is 19.6 Å². The average Bonchev–Trinajstić information content (AvgIpc) is 3.83. The Morgan fingerprint density at radius 2 is 0.833 bits per heavy atom. The van der Waals surface area contributed by atoms with Gasteiger partial charge in [0, 0.05) is 38.7 Å². The molecule has 3 nitrogen and oxygen atoms in total. The van der Waals surface area contributed by atoms with Crippen LogP contribution in [0.15, 0.2) is 259 Å². The van der Waals surface area contributed by atoms with E-state index in [1.54, 1.807) is 0 Å². The van der Waals surface area contributed by atoms with E-state index in [2.05, 4.69) is 278 Å². The first-order valence-electron chi connectivity index (χ1n) is 24.9. The Morgan fingerprint density at radius 1 is 0.306 bits per heavy atom. The molecule has 0 fully saturated rings. The molecule has 13 aromatic rings. The van der Waals surface area contributed by atoms with Crippen LogP contribution in [-0.4, -0.2) is 8.07 Å². The third kappa shape index (κ3) is 6.50. The zero-order valence-corrected chi connectivity index (χ0v) is 41.1. The van der Waals surface area contributed by atoms with E-state index in [1.807, 2.05) is 0 Å². The highest BCUT2D eigenvalue weighted by Gasteiger charge is 2.37. The van der Waals surface area contributed by atoms with Crippen LogP contribution in [0.4, 0.5) is 34.1 Å². The second-order valence-electron chi connectivity index (χ2n) is 19.6. The fraction of sp³-hybridized carbons (Fsp3) is 0.0294. The number of para-hydroxylation sites is 5. The first-order valence-corrected chi connectivity index (χ1v) is 27.9. The van der Waals surface area contributed by atoms with Crippen molar-refractivity contribution in [1.29, 1.82) is 0 Å². The lowest BCUT2D eigenvalue weighted by Crippen LogP contribution is -2.56. The third-order valence-corrected chi connectivity index (χ3v) is 18.7. The largest absolute Gasteiger partial charge is 0.454 e. The SMILES string of the molecule is C[Si]1(C)c2cc(N(c3ccccc3-c3ccccc3)c3cccc4c3oc3ccccc34)ccc2-c2cc3c4ccccc4c(N(c4ccccc4)c4ccccc4-c4ccccc4)cc3c3cccc1c23. The van der Waals surface area contributed by atoms with E-state index in [0.29, 0.717) is 0 Å². The Balaban J connectivity index is 1.01. The molecule has 72 heavy (non-hydrogen) atoms. The molecule has 0 radical (unpaired) electrons. The molecular formula is C68H48N2OSi. The molecule has 0 atom stereocenters. The average molecular weight is 937 g/mol. The van der Waals surface area contributed by atoms with Crippen LogP contribution in [0.5, 0.6) is 0 Å². The van der Waals surface area contributed by atoms with Crippen molar-refractivity contribution in [1.82, 2.24) is 0 Å². The molecule has 0 bridgehead atoms. The van der Waals surface area contributed by atoms with Crippen molar-refractivity contribution in [2.24, 2.45) is 0 Å². The molecule has 12 aromatic carbocycles. The molecule has 1 aromatic heterocycles. The molecule has 0 amide bonds. The minimum Gasteiger partial charge on any atom is -0.454 e. The van der Waals surface area contributed by atoms with Crippen molar-refractivity contribution in [2.75, 3.05) is 9.80 Å². The highest BCUT2D eigenvalue weighted by atomic mass is 28.3. The van der Waals surface area contributed by atoms with Crippen LogP contribution in [0.25, 0.3) is 87.6 Å². The Bertz CT molecular complexity index is 4260. The molecule has 0 saturated heterocycles. The van der Waals surface area contributed by atoms with Crippen LogP contribution >= 0.6 is 0 Å². The van der Waals surface area contributed by atoms with Gasteiger partial charge in [0.05, 0.1) is 22.7 Å². The molecule has 0 N–H and O–H groups in total. The Labute approximate surface area is 420 Å². The second kappa shape index (κ2) is 16.6. The monoisotopic (exact) mass is 936 g/mol. The molecule has 0 unspecified atom stereocenters. The van der Waals surface area contributed by atoms with Crippen LogP contribution < -0.4 is 20.2 Å². The first-order chi connectivity index (χ1) is 35.5. The summed E-state index contributed by atoms with van der Waals surface area (Å²) in [5.74, 6) is 0. The van der Waals surface area contributed by atoms with Crippen molar-refractivity contribution >= 4 is 107 Å². The van der Waals surface area contributed by atoms with Gasteiger partial charge in [-0.2, -0.15) is 0 Å². The van der Waals surface area contributed by atoms with Crippen LogP contribution in [0.3, 0.4) is 0 Å². The lowest BCUT2D eigenvalue weighted by molar-refractivity contribution is 0.669. The highest BCUT2D eigenvalue weighted by molar-refractivity contribution is 7.03. The lowest BCUT2D eigenvalue weighted by Gasteiger charge is -2.36. The number of nitrogens with zero attached hydrogens (tertiary/aromatic N) is 2. The van der Waals surface area contributed by atoms with E-state index < -0.39 is 8.07 Å². The summed E-state index contributed by atoms with van der Waals surface area (Å²) in [4.78, 5) is 4.92. The second-order valence-corrected chi connectivity index (χ2v) is 23.9. The number of hydrogen-bond donors (Lipinski definition) is 0. The fourth-order valence-corrected chi connectivity index (χ4v) is 15.0. The Morgan fingerprint density at radius 3 is 1.54 bits per heavy atom. The predicted molar refractivity (Wildman–Crippen MR) is 309 cm³/mol. The van der Waals surface area contributed by atoms with Gasteiger partial charge in [0.15, 0.2) is 5.58 Å². The van der Waals surface area contributed by atoms with Gasteiger partial charge in [0.25, 0.3) is 0 Å². The zero-order chi connectivity index (χ0) is 47.9. The smallest absolute Gasteiger partial charge is 0.159 e. The number of fused-ring (bicyclic) bond motifs is 9. The molecule has 0 saturated carbocycles. The number of anilines is 6. The summed E-state index contributed by atoms with van der Waals surface area (Å²) >= 11 is 0. The van der Waals surface area contributed by atoms with Crippen molar-refractivity contribution in [2.45, 2.75) is 13.1 Å². The quantitative estimate of drug-likeness (QED) is 0.112. The van der Waals surface area contributed by atoms with E-state index >= 15 is 0 Å². The van der Waals surface area contributed by atoms with Crippen molar-refractivity contribution in [3.63, 3.8) is 0 Å². The van der Waals surface area contributed by atoms with Crippen molar-refractivity contribution in [3.8, 4) is 33.4 Å². The molecule has 14 rings (SSSR count).